The number of nitrogens with zero attached hydrogens (tertiary/aromatic N) is 1. The number of carbonyl (C=O) groups excluding carboxylic acids is 1. The number of ether oxygens (including phenoxy) is 2. The summed E-state index contributed by atoms with van der Waals surface area (Å²) in [6.07, 6.45) is 0.319. The summed E-state index contributed by atoms with van der Waals surface area (Å²) in [6.45, 7) is 4.72. The molecule has 1 aromatic heterocycles. The van der Waals surface area contributed by atoms with Gasteiger partial charge in [-0.3, -0.25) is 4.79 Å². The number of nitrogens with one attached hydrogen (secondary N) is 1. The fourth-order valence-electron chi connectivity index (χ4n) is 2.99. The van der Waals surface area contributed by atoms with Crippen LogP contribution in [0.1, 0.15) is 21.0 Å². The minimum Gasteiger partial charge on any atom is -0.454 e. The maximum Gasteiger partial charge on any atom is 0.231 e. The molecule has 0 fully saturated rings. The second-order valence-corrected chi connectivity index (χ2v) is 7.80. The number of thiazole rings is 1. The van der Waals surface area contributed by atoms with Crippen LogP contribution >= 0.6 is 11.3 Å². The first kappa shape index (κ1) is 17.5. The fourth-order valence-corrected chi connectivity index (χ4v) is 3.94. The number of amides is 1. The molecular formula is C21H20N2O3S. The van der Waals surface area contributed by atoms with Crippen LogP contribution in [-0.4, -0.2) is 17.7 Å². The van der Waals surface area contributed by atoms with Crippen molar-refractivity contribution < 1.29 is 14.3 Å². The van der Waals surface area contributed by atoms with E-state index in [1.165, 1.54) is 5.56 Å². The van der Waals surface area contributed by atoms with Crippen LogP contribution in [0.25, 0.3) is 11.3 Å². The van der Waals surface area contributed by atoms with Gasteiger partial charge in [0.05, 0.1) is 17.1 Å². The van der Waals surface area contributed by atoms with E-state index < -0.39 is 0 Å². The van der Waals surface area contributed by atoms with Gasteiger partial charge in [-0.05, 0) is 31.5 Å². The van der Waals surface area contributed by atoms with Crippen molar-refractivity contribution >= 4 is 17.2 Å². The van der Waals surface area contributed by atoms with Crippen molar-refractivity contribution in [3.8, 4) is 22.8 Å². The van der Waals surface area contributed by atoms with Crippen LogP contribution in [-0.2, 0) is 17.8 Å². The highest BCUT2D eigenvalue weighted by molar-refractivity contribution is 7.12. The predicted octanol–water partition coefficient (Wildman–Crippen LogP) is 4.01. The summed E-state index contributed by atoms with van der Waals surface area (Å²) < 4.78 is 10.7. The van der Waals surface area contributed by atoms with E-state index in [4.69, 9.17) is 9.47 Å². The smallest absolute Gasteiger partial charge is 0.231 e. The zero-order valence-corrected chi connectivity index (χ0v) is 16.1. The molecule has 0 saturated heterocycles. The number of aryl methyl sites for hydroxylation is 2. The first-order valence-corrected chi connectivity index (χ1v) is 9.59. The molecule has 5 nitrogen and oxygen atoms in total. The van der Waals surface area contributed by atoms with Crippen molar-refractivity contribution in [3.63, 3.8) is 0 Å². The van der Waals surface area contributed by atoms with E-state index in [0.29, 0.717) is 13.0 Å². The van der Waals surface area contributed by atoms with E-state index in [-0.39, 0.29) is 12.7 Å². The Hall–Kier alpha value is -2.86. The summed E-state index contributed by atoms with van der Waals surface area (Å²) >= 11 is 1.57. The normalized spacial score (nSPS) is 12.2. The highest BCUT2D eigenvalue weighted by atomic mass is 32.1. The van der Waals surface area contributed by atoms with Crippen molar-refractivity contribution in [1.29, 1.82) is 0 Å². The molecule has 0 saturated carbocycles. The van der Waals surface area contributed by atoms with Crippen LogP contribution in [0.3, 0.4) is 0 Å². The molecule has 6 heteroatoms. The molecule has 0 aliphatic carbocycles. The lowest BCUT2D eigenvalue weighted by molar-refractivity contribution is -0.120. The van der Waals surface area contributed by atoms with E-state index >= 15 is 0 Å². The minimum absolute atomic E-state index is 0.0234. The van der Waals surface area contributed by atoms with Crippen molar-refractivity contribution in [2.75, 3.05) is 6.79 Å². The van der Waals surface area contributed by atoms with Gasteiger partial charge in [-0.1, -0.05) is 35.9 Å². The quantitative estimate of drug-likeness (QED) is 0.726. The van der Waals surface area contributed by atoms with Crippen molar-refractivity contribution in [1.82, 2.24) is 10.3 Å². The summed E-state index contributed by atoms with van der Waals surface area (Å²) in [4.78, 5) is 18.1. The third-order valence-electron chi connectivity index (χ3n) is 4.38. The van der Waals surface area contributed by atoms with Crippen molar-refractivity contribution in [2.45, 2.75) is 26.8 Å². The molecule has 1 aliphatic heterocycles. The number of hydrogen-bond acceptors (Lipinski definition) is 5. The van der Waals surface area contributed by atoms with Gasteiger partial charge in [0.25, 0.3) is 0 Å². The number of carbonyl (C=O) groups is 1. The predicted molar refractivity (Wildman–Crippen MR) is 105 cm³/mol. The van der Waals surface area contributed by atoms with Gasteiger partial charge in [0.2, 0.25) is 12.7 Å². The van der Waals surface area contributed by atoms with Crippen LogP contribution in [0.5, 0.6) is 11.5 Å². The Morgan fingerprint density at radius 2 is 1.89 bits per heavy atom. The molecular weight excluding hydrogens is 360 g/mol. The SMILES string of the molecule is Cc1ccc(-c2nc(C)sc2CC(=O)NCc2ccc3c(c2)OCO3)cc1. The second-order valence-electron chi connectivity index (χ2n) is 6.51. The number of hydrogen-bond donors (Lipinski definition) is 1. The Labute approximate surface area is 162 Å². The largest absolute Gasteiger partial charge is 0.454 e. The van der Waals surface area contributed by atoms with E-state index in [0.717, 1.165) is 38.2 Å². The molecule has 0 radical (unpaired) electrons. The molecule has 2 aromatic carbocycles. The van der Waals surface area contributed by atoms with E-state index in [9.17, 15) is 4.79 Å². The molecule has 1 amide bonds. The third-order valence-corrected chi connectivity index (χ3v) is 5.35. The molecule has 3 aromatic rings. The Bertz CT molecular complexity index is 980. The average molecular weight is 380 g/mol. The monoisotopic (exact) mass is 380 g/mol. The van der Waals surface area contributed by atoms with Gasteiger partial charge in [-0.15, -0.1) is 11.3 Å². The van der Waals surface area contributed by atoms with Crippen LogP contribution in [0.2, 0.25) is 0 Å². The van der Waals surface area contributed by atoms with Gasteiger partial charge in [0, 0.05) is 17.0 Å². The molecule has 0 spiro atoms. The molecule has 1 aliphatic rings. The minimum atomic E-state index is -0.0234. The standard InChI is InChI=1S/C21H20N2O3S/c1-13-3-6-16(7-4-13)21-19(27-14(2)23-21)10-20(24)22-11-15-5-8-17-18(9-15)26-12-25-17/h3-9H,10-12H2,1-2H3,(H,22,24). The zero-order chi connectivity index (χ0) is 18.8. The lowest BCUT2D eigenvalue weighted by Gasteiger charge is -2.07. The third kappa shape index (κ3) is 3.95. The molecule has 0 bridgehead atoms. The summed E-state index contributed by atoms with van der Waals surface area (Å²) in [7, 11) is 0. The number of aromatic nitrogens is 1. The lowest BCUT2D eigenvalue weighted by Crippen LogP contribution is -2.24. The first-order chi connectivity index (χ1) is 13.1. The first-order valence-electron chi connectivity index (χ1n) is 8.77. The topological polar surface area (TPSA) is 60.5 Å². The number of benzene rings is 2. The Balaban J connectivity index is 1.43. The van der Waals surface area contributed by atoms with Gasteiger partial charge in [-0.25, -0.2) is 4.98 Å². The van der Waals surface area contributed by atoms with Gasteiger partial charge in [0.15, 0.2) is 11.5 Å². The molecule has 2 heterocycles. The van der Waals surface area contributed by atoms with Gasteiger partial charge in [0.1, 0.15) is 0 Å². The zero-order valence-electron chi connectivity index (χ0n) is 15.2. The van der Waals surface area contributed by atoms with E-state index in [2.05, 4.69) is 41.5 Å². The molecule has 138 valence electrons. The number of rotatable bonds is 5. The van der Waals surface area contributed by atoms with Gasteiger partial charge >= 0.3 is 0 Å². The van der Waals surface area contributed by atoms with Crippen molar-refractivity contribution in [2.24, 2.45) is 0 Å². The Morgan fingerprint density at radius 3 is 2.70 bits per heavy atom. The molecule has 0 atom stereocenters. The van der Waals surface area contributed by atoms with Crippen molar-refractivity contribution in [3.05, 3.63) is 63.5 Å². The molecule has 0 unspecified atom stereocenters. The maximum atomic E-state index is 12.5. The average Bonchev–Trinajstić information content (AvgIpc) is 3.26. The summed E-state index contributed by atoms with van der Waals surface area (Å²) in [5.41, 5.74) is 4.12. The molecule has 27 heavy (non-hydrogen) atoms. The van der Waals surface area contributed by atoms with Crippen LogP contribution in [0, 0.1) is 13.8 Å². The Morgan fingerprint density at radius 1 is 1.11 bits per heavy atom. The van der Waals surface area contributed by atoms with Crippen LogP contribution in [0.15, 0.2) is 42.5 Å². The summed E-state index contributed by atoms with van der Waals surface area (Å²) in [5, 5.41) is 3.94. The van der Waals surface area contributed by atoms with Crippen LogP contribution in [0.4, 0.5) is 0 Å². The van der Waals surface area contributed by atoms with Crippen LogP contribution < -0.4 is 14.8 Å². The summed E-state index contributed by atoms with van der Waals surface area (Å²) in [6, 6.07) is 13.9. The lowest BCUT2D eigenvalue weighted by atomic mass is 10.1. The van der Waals surface area contributed by atoms with E-state index in [1.807, 2.05) is 25.1 Å². The molecule has 4 rings (SSSR count). The Kier molecular flexibility index (Phi) is 4.81. The molecule has 1 N–H and O–H groups in total. The summed E-state index contributed by atoms with van der Waals surface area (Å²) in [5.74, 6) is 1.44. The highest BCUT2D eigenvalue weighted by Crippen LogP contribution is 2.32. The van der Waals surface area contributed by atoms with Gasteiger partial charge in [-0.2, -0.15) is 0 Å². The fraction of sp³-hybridized carbons (Fsp3) is 0.238. The number of fused-ring (bicyclic) bond motifs is 1. The second kappa shape index (κ2) is 7.40. The van der Waals surface area contributed by atoms with Gasteiger partial charge < -0.3 is 14.8 Å². The maximum absolute atomic E-state index is 12.5. The van der Waals surface area contributed by atoms with E-state index in [1.54, 1.807) is 11.3 Å². The highest BCUT2D eigenvalue weighted by Gasteiger charge is 2.16.